The Bertz CT molecular complexity index is 1260. The van der Waals surface area contributed by atoms with Gasteiger partial charge in [-0.25, -0.2) is 0 Å². The Morgan fingerprint density at radius 2 is 1.77 bits per heavy atom. The Balaban J connectivity index is 1.35. The molecule has 2 aromatic heterocycles. The van der Waals surface area contributed by atoms with Crippen LogP contribution in [-0.2, 0) is 6.42 Å². The summed E-state index contributed by atoms with van der Waals surface area (Å²) in [6.07, 6.45) is 6.59. The van der Waals surface area contributed by atoms with Gasteiger partial charge in [-0.2, -0.15) is 0 Å². The van der Waals surface area contributed by atoms with Crippen molar-refractivity contribution in [2.24, 2.45) is 0 Å². The predicted octanol–water partition coefficient (Wildman–Crippen LogP) is 5.33. The first kappa shape index (κ1) is 18.9. The number of carbonyl (C=O) groups is 1. The first-order valence-electron chi connectivity index (χ1n) is 10.2. The van der Waals surface area contributed by atoms with Crippen LogP contribution in [0.4, 0.5) is 0 Å². The average molecular weight is 407 g/mol. The van der Waals surface area contributed by atoms with Crippen LogP contribution in [0.5, 0.6) is 11.5 Å². The third kappa shape index (κ3) is 4.26. The monoisotopic (exact) mass is 407 g/mol. The fraction of sp³-hybridized carbons (Fsp3) is 0.0769. The fourth-order valence-electron chi connectivity index (χ4n) is 3.64. The Labute approximate surface area is 180 Å². The van der Waals surface area contributed by atoms with Crippen molar-refractivity contribution in [1.29, 1.82) is 0 Å². The van der Waals surface area contributed by atoms with Gasteiger partial charge in [0.05, 0.1) is 11.3 Å². The summed E-state index contributed by atoms with van der Waals surface area (Å²) in [5, 5.41) is 2.88. The largest absolute Gasteiger partial charge is 0.457 e. The molecule has 1 aliphatic heterocycles. The second-order valence-corrected chi connectivity index (χ2v) is 7.37. The number of amides is 1. The van der Waals surface area contributed by atoms with Gasteiger partial charge in [0.25, 0.3) is 5.91 Å². The standard InChI is InChI=1S/C26H21N3O2/c30-26-23-17-25(29-24(23)12-14-28-26)19-11-13-27-20(16-19)10-9-18-5-4-8-22(15-18)31-21-6-2-1-3-7-21/h1-11,13,15-17,29H,12,14H2,(H,28,30). The van der Waals surface area contributed by atoms with Crippen molar-refractivity contribution in [3.05, 3.63) is 102 Å². The summed E-state index contributed by atoms with van der Waals surface area (Å²) in [4.78, 5) is 19.9. The van der Waals surface area contributed by atoms with E-state index in [1.165, 1.54) is 0 Å². The normalized spacial score (nSPS) is 13.1. The van der Waals surface area contributed by atoms with Gasteiger partial charge in [0.1, 0.15) is 11.5 Å². The summed E-state index contributed by atoms with van der Waals surface area (Å²) < 4.78 is 5.91. The number of nitrogens with one attached hydrogen (secondary N) is 2. The molecule has 2 aromatic carbocycles. The van der Waals surface area contributed by atoms with Gasteiger partial charge in [-0.1, -0.05) is 36.4 Å². The van der Waals surface area contributed by atoms with E-state index in [0.717, 1.165) is 51.7 Å². The van der Waals surface area contributed by atoms with Gasteiger partial charge >= 0.3 is 0 Å². The lowest BCUT2D eigenvalue weighted by molar-refractivity contribution is 0.0946. The number of fused-ring (bicyclic) bond motifs is 1. The summed E-state index contributed by atoms with van der Waals surface area (Å²) in [7, 11) is 0. The highest BCUT2D eigenvalue weighted by Crippen LogP contribution is 2.25. The lowest BCUT2D eigenvalue weighted by Crippen LogP contribution is -2.31. The van der Waals surface area contributed by atoms with E-state index in [0.29, 0.717) is 6.54 Å². The van der Waals surface area contributed by atoms with E-state index >= 15 is 0 Å². The second kappa shape index (κ2) is 8.32. The van der Waals surface area contributed by atoms with Crippen molar-refractivity contribution in [3.8, 4) is 22.8 Å². The van der Waals surface area contributed by atoms with Crippen LogP contribution in [0.1, 0.15) is 27.3 Å². The molecule has 0 saturated carbocycles. The predicted molar refractivity (Wildman–Crippen MR) is 122 cm³/mol. The number of hydrogen-bond donors (Lipinski definition) is 2. The number of rotatable bonds is 5. The number of aromatic amines is 1. The molecule has 31 heavy (non-hydrogen) atoms. The van der Waals surface area contributed by atoms with Crippen LogP contribution in [0.2, 0.25) is 0 Å². The molecule has 5 nitrogen and oxygen atoms in total. The van der Waals surface area contributed by atoms with Crippen LogP contribution in [0.25, 0.3) is 23.4 Å². The van der Waals surface area contributed by atoms with Crippen molar-refractivity contribution in [2.75, 3.05) is 6.54 Å². The van der Waals surface area contributed by atoms with Gasteiger partial charge in [-0.3, -0.25) is 9.78 Å². The summed E-state index contributed by atoms with van der Waals surface area (Å²) in [5.74, 6) is 1.57. The molecule has 0 bridgehead atoms. The van der Waals surface area contributed by atoms with Gasteiger partial charge in [0, 0.05) is 36.1 Å². The molecule has 0 radical (unpaired) electrons. The Kier molecular flexibility index (Phi) is 5.07. The van der Waals surface area contributed by atoms with Gasteiger partial charge in [-0.05, 0) is 54.1 Å². The number of nitrogens with zero attached hydrogens (tertiary/aromatic N) is 1. The van der Waals surface area contributed by atoms with Crippen LogP contribution in [0.15, 0.2) is 79.0 Å². The van der Waals surface area contributed by atoms with Crippen molar-refractivity contribution >= 4 is 18.1 Å². The highest BCUT2D eigenvalue weighted by Gasteiger charge is 2.19. The van der Waals surface area contributed by atoms with Gasteiger partial charge in [0.2, 0.25) is 0 Å². The number of carbonyl (C=O) groups excluding carboxylic acids is 1. The number of ether oxygens (including phenoxy) is 1. The maximum Gasteiger partial charge on any atom is 0.253 e. The van der Waals surface area contributed by atoms with E-state index in [9.17, 15) is 4.79 Å². The summed E-state index contributed by atoms with van der Waals surface area (Å²) in [6.45, 7) is 0.670. The fourth-order valence-corrected chi connectivity index (χ4v) is 3.64. The minimum atomic E-state index is -0.0180. The summed E-state index contributed by atoms with van der Waals surface area (Å²) >= 11 is 0. The molecular formula is C26H21N3O2. The van der Waals surface area contributed by atoms with Crippen LogP contribution in [-0.4, -0.2) is 22.4 Å². The Morgan fingerprint density at radius 3 is 2.65 bits per heavy atom. The van der Waals surface area contributed by atoms with E-state index in [4.69, 9.17) is 4.74 Å². The Morgan fingerprint density at radius 1 is 0.903 bits per heavy atom. The van der Waals surface area contributed by atoms with Crippen molar-refractivity contribution in [1.82, 2.24) is 15.3 Å². The molecular weight excluding hydrogens is 386 g/mol. The molecule has 0 saturated heterocycles. The molecule has 5 heteroatoms. The molecule has 0 aliphatic carbocycles. The van der Waals surface area contributed by atoms with Crippen molar-refractivity contribution < 1.29 is 9.53 Å². The van der Waals surface area contributed by atoms with E-state index in [2.05, 4.69) is 15.3 Å². The molecule has 0 atom stereocenters. The molecule has 1 amide bonds. The smallest absolute Gasteiger partial charge is 0.253 e. The van der Waals surface area contributed by atoms with Crippen LogP contribution >= 0.6 is 0 Å². The van der Waals surface area contributed by atoms with E-state index in [1.807, 2.05) is 84.9 Å². The lowest BCUT2D eigenvalue weighted by atomic mass is 10.1. The minimum absolute atomic E-state index is 0.0180. The molecule has 1 aliphatic rings. The zero-order chi connectivity index (χ0) is 21.0. The highest BCUT2D eigenvalue weighted by atomic mass is 16.5. The summed E-state index contributed by atoms with van der Waals surface area (Å²) in [6, 6.07) is 23.5. The van der Waals surface area contributed by atoms with E-state index in [1.54, 1.807) is 6.20 Å². The molecule has 152 valence electrons. The number of benzene rings is 2. The zero-order valence-electron chi connectivity index (χ0n) is 16.8. The van der Waals surface area contributed by atoms with Gasteiger partial charge in [-0.15, -0.1) is 0 Å². The number of para-hydroxylation sites is 1. The topological polar surface area (TPSA) is 67.0 Å². The maximum absolute atomic E-state index is 12.0. The number of hydrogen-bond acceptors (Lipinski definition) is 3. The minimum Gasteiger partial charge on any atom is -0.457 e. The quantitative estimate of drug-likeness (QED) is 0.470. The van der Waals surface area contributed by atoms with Gasteiger partial charge in [0.15, 0.2) is 0 Å². The third-order valence-corrected chi connectivity index (χ3v) is 5.18. The zero-order valence-corrected chi connectivity index (χ0v) is 16.8. The van der Waals surface area contributed by atoms with Gasteiger partial charge < -0.3 is 15.0 Å². The first-order valence-corrected chi connectivity index (χ1v) is 10.2. The maximum atomic E-state index is 12.0. The molecule has 0 spiro atoms. The number of H-pyrrole nitrogens is 1. The molecule has 2 N–H and O–H groups in total. The molecule has 0 unspecified atom stereocenters. The number of aromatic nitrogens is 2. The molecule has 3 heterocycles. The lowest BCUT2D eigenvalue weighted by Gasteiger charge is -2.10. The molecule has 5 rings (SSSR count). The van der Waals surface area contributed by atoms with E-state index < -0.39 is 0 Å². The Hall–Kier alpha value is -4.12. The number of pyridine rings is 1. The van der Waals surface area contributed by atoms with Crippen LogP contribution in [0.3, 0.4) is 0 Å². The second-order valence-electron chi connectivity index (χ2n) is 7.37. The SMILES string of the molecule is O=C1NCCc2[nH]c(-c3ccnc(C=Cc4cccc(Oc5ccccc5)c4)c3)cc21. The molecule has 0 fully saturated rings. The molecule has 4 aromatic rings. The van der Waals surface area contributed by atoms with E-state index in [-0.39, 0.29) is 5.91 Å². The van der Waals surface area contributed by atoms with Crippen molar-refractivity contribution in [3.63, 3.8) is 0 Å². The van der Waals surface area contributed by atoms with Crippen LogP contribution in [0, 0.1) is 0 Å². The highest BCUT2D eigenvalue weighted by molar-refractivity contribution is 5.97. The average Bonchev–Trinajstić information content (AvgIpc) is 3.25. The summed E-state index contributed by atoms with van der Waals surface area (Å²) in [5.41, 5.74) is 5.50. The third-order valence-electron chi connectivity index (χ3n) is 5.18. The van der Waals surface area contributed by atoms with Crippen molar-refractivity contribution in [2.45, 2.75) is 6.42 Å². The van der Waals surface area contributed by atoms with Crippen LogP contribution < -0.4 is 10.1 Å². The first-order chi connectivity index (χ1) is 15.2.